The normalized spacial score (nSPS) is 10.6. The van der Waals surface area contributed by atoms with Gasteiger partial charge in [-0.15, -0.1) is 0 Å². The first kappa shape index (κ1) is 13.4. The van der Waals surface area contributed by atoms with Crippen LogP contribution >= 0.6 is 0 Å². The number of likely N-dealkylation sites (N-methyl/N-ethyl adjacent to an activating group) is 1. The number of anilines is 1. The Morgan fingerprint density at radius 1 is 1.47 bits per heavy atom. The standard InChI is InChI=1S/C11H19N5O/c1-8(2)17-5-4-16(3)10-7-14-9(6-15-10)11(12)13/h6-8H,4-5H2,1-3H3,(H3,12,13). The maximum atomic E-state index is 7.21. The Labute approximate surface area is 101 Å². The average Bonchev–Trinajstić information content (AvgIpc) is 2.28. The molecule has 0 radical (unpaired) electrons. The minimum absolute atomic E-state index is 0.0742. The number of hydrogen-bond donors (Lipinski definition) is 2. The number of rotatable bonds is 6. The summed E-state index contributed by atoms with van der Waals surface area (Å²) in [4.78, 5) is 10.2. The third-order valence-corrected chi connectivity index (χ3v) is 2.18. The molecule has 6 nitrogen and oxygen atoms in total. The van der Waals surface area contributed by atoms with E-state index in [0.717, 1.165) is 12.4 Å². The molecule has 17 heavy (non-hydrogen) atoms. The lowest BCUT2D eigenvalue weighted by Gasteiger charge is -2.18. The SMILES string of the molecule is CC(C)OCCN(C)c1cnc(C(=N)N)cn1. The molecule has 0 aliphatic heterocycles. The molecule has 1 aromatic rings. The van der Waals surface area contributed by atoms with Crippen LogP contribution < -0.4 is 10.6 Å². The molecule has 0 bridgehead atoms. The van der Waals surface area contributed by atoms with Gasteiger partial charge in [-0.05, 0) is 13.8 Å². The van der Waals surface area contributed by atoms with Gasteiger partial charge in [0.15, 0.2) is 0 Å². The molecule has 0 fully saturated rings. The fourth-order valence-corrected chi connectivity index (χ4v) is 1.20. The van der Waals surface area contributed by atoms with Gasteiger partial charge in [-0.2, -0.15) is 0 Å². The Morgan fingerprint density at radius 3 is 2.65 bits per heavy atom. The number of nitrogen functional groups attached to an aromatic ring is 1. The van der Waals surface area contributed by atoms with E-state index >= 15 is 0 Å². The Hall–Kier alpha value is -1.69. The third kappa shape index (κ3) is 4.36. The molecule has 1 aromatic heterocycles. The lowest BCUT2D eigenvalue weighted by Crippen LogP contribution is -2.25. The van der Waals surface area contributed by atoms with Crippen LogP contribution in [0, 0.1) is 5.41 Å². The summed E-state index contributed by atoms with van der Waals surface area (Å²) in [7, 11) is 1.92. The molecule has 0 aliphatic carbocycles. The topological polar surface area (TPSA) is 88.1 Å². The molecule has 6 heteroatoms. The van der Waals surface area contributed by atoms with E-state index in [0.29, 0.717) is 12.3 Å². The molecule has 0 saturated carbocycles. The van der Waals surface area contributed by atoms with Crippen LogP contribution in [-0.4, -0.2) is 42.1 Å². The van der Waals surface area contributed by atoms with Gasteiger partial charge in [-0.3, -0.25) is 5.41 Å². The van der Waals surface area contributed by atoms with Crippen molar-refractivity contribution in [2.75, 3.05) is 25.1 Å². The molecule has 0 atom stereocenters. The van der Waals surface area contributed by atoms with Crippen LogP contribution in [0.5, 0.6) is 0 Å². The van der Waals surface area contributed by atoms with Crippen molar-refractivity contribution in [3.63, 3.8) is 0 Å². The number of aromatic nitrogens is 2. The van der Waals surface area contributed by atoms with Crippen molar-refractivity contribution in [2.24, 2.45) is 5.73 Å². The molecular weight excluding hydrogens is 218 g/mol. The Bertz CT molecular complexity index is 363. The highest BCUT2D eigenvalue weighted by Crippen LogP contribution is 2.06. The van der Waals surface area contributed by atoms with Gasteiger partial charge in [0, 0.05) is 13.6 Å². The molecule has 0 saturated heterocycles. The van der Waals surface area contributed by atoms with Gasteiger partial charge in [0.25, 0.3) is 0 Å². The smallest absolute Gasteiger partial charge is 0.146 e. The molecule has 0 unspecified atom stereocenters. The van der Waals surface area contributed by atoms with Crippen molar-refractivity contribution in [1.29, 1.82) is 5.41 Å². The summed E-state index contributed by atoms with van der Waals surface area (Å²) in [6.07, 6.45) is 3.33. The summed E-state index contributed by atoms with van der Waals surface area (Å²) in [5.74, 6) is 0.664. The second-order valence-corrected chi connectivity index (χ2v) is 4.01. The number of nitrogens with one attached hydrogen (secondary N) is 1. The van der Waals surface area contributed by atoms with E-state index in [4.69, 9.17) is 15.9 Å². The zero-order valence-corrected chi connectivity index (χ0v) is 10.5. The summed E-state index contributed by atoms with van der Waals surface area (Å²) in [6.45, 7) is 5.39. The van der Waals surface area contributed by atoms with Crippen LogP contribution in [0.15, 0.2) is 12.4 Å². The summed E-state index contributed by atoms with van der Waals surface area (Å²) >= 11 is 0. The van der Waals surface area contributed by atoms with Crippen molar-refractivity contribution in [1.82, 2.24) is 9.97 Å². The highest BCUT2D eigenvalue weighted by molar-refractivity contribution is 5.92. The predicted octanol–water partition coefficient (Wildman–Crippen LogP) is 0.622. The molecule has 1 heterocycles. The zero-order valence-electron chi connectivity index (χ0n) is 10.5. The largest absolute Gasteiger partial charge is 0.382 e. The van der Waals surface area contributed by atoms with Crippen molar-refractivity contribution < 1.29 is 4.74 Å². The first-order valence-corrected chi connectivity index (χ1v) is 5.50. The van der Waals surface area contributed by atoms with Crippen LogP contribution in [0.25, 0.3) is 0 Å². The number of amidine groups is 1. The summed E-state index contributed by atoms with van der Waals surface area (Å²) in [5.41, 5.74) is 5.69. The zero-order chi connectivity index (χ0) is 12.8. The van der Waals surface area contributed by atoms with E-state index in [2.05, 4.69) is 9.97 Å². The monoisotopic (exact) mass is 237 g/mol. The van der Waals surface area contributed by atoms with Gasteiger partial charge in [0.1, 0.15) is 17.3 Å². The van der Waals surface area contributed by atoms with E-state index in [1.54, 1.807) is 6.20 Å². The van der Waals surface area contributed by atoms with E-state index in [9.17, 15) is 0 Å². The Kier molecular flexibility index (Phi) is 4.84. The molecule has 1 rings (SSSR count). The lowest BCUT2D eigenvalue weighted by molar-refractivity contribution is 0.0845. The number of nitrogens with zero attached hydrogens (tertiary/aromatic N) is 3. The van der Waals surface area contributed by atoms with Gasteiger partial charge in [-0.1, -0.05) is 0 Å². The molecule has 0 spiro atoms. The quantitative estimate of drug-likeness (QED) is 0.559. The molecule has 0 aliphatic rings. The fourth-order valence-electron chi connectivity index (χ4n) is 1.20. The summed E-state index contributed by atoms with van der Waals surface area (Å²) in [6, 6.07) is 0. The van der Waals surface area contributed by atoms with Crippen molar-refractivity contribution in [3.8, 4) is 0 Å². The molecule has 0 aromatic carbocycles. The number of hydrogen-bond acceptors (Lipinski definition) is 5. The Morgan fingerprint density at radius 2 is 2.18 bits per heavy atom. The van der Waals surface area contributed by atoms with E-state index in [1.807, 2.05) is 25.8 Å². The van der Waals surface area contributed by atoms with Crippen LogP contribution in [0.3, 0.4) is 0 Å². The fraction of sp³-hybridized carbons (Fsp3) is 0.545. The maximum absolute atomic E-state index is 7.21. The number of ether oxygens (including phenoxy) is 1. The van der Waals surface area contributed by atoms with Crippen molar-refractivity contribution >= 4 is 11.7 Å². The maximum Gasteiger partial charge on any atom is 0.146 e. The van der Waals surface area contributed by atoms with Crippen molar-refractivity contribution in [2.45, 2.75) is 20.0 Å². The van der Waals surface area contributed by atoms with Gasteiger partial charge in [0.05, 0.1) is 25.1 Å². The van der Waals surface area contributed by atoms with E-state index in [1.165, 1.54) is 6.20 Å². The minimum Gasteiger partial charge on any atom is -0.382 e. The van der Waals surface area contributed by atoms with E-state index in [-0.39, 0.29) is 11.9 Å². The highest BCUT2D eigenvalue weighted by Gasteiger charge is 2.05. The molecule has 0 amide bonds. The summed E-state index contributed by atoms with van der Waals surface area (Å²) in [5, 5.41) is 7.21. The first-order chi connectivity index (χ1) is 8.00. The van der Waals surface area contributed by atoms with Gasteiger partial charge in [0.2, 0.25) is 0 Å². The Balaban J connectivity index is 2.51. The van der Waals surface area contributed by atoms with Crippen LogP contribution in [0.4, 0.5) is 5.82 Å². The minimum atomic E-state index is -0.0742. The van der Waals surface area contributed by atoms with Gasteiger partial charge in [-0.25, -0.2) is 9.97 Å². The van der Waals surface area contributed by atoms with Crippen LogP contribution in [0.2, 0.25) is 0 Å². The average molecular weight is 237 g/mol. The number of nitrogens with two attached hydrogens (primary N) is 1. The molecular formula is C11H19N5O. The second-order valence-electron chi connectivity index (χ2n) is 4.01. The highest BCUT2D eigenvalue weighted by atomic mass is 16.5. The molecule has 94 valence electrons. The van der Waals surface area contributed by atoms with Gasteiger partial charge >= 0.3 is 0 Å². The first-order valence-electron chi connectivity index (χ1n) is 5.50. The molecule has 3 N–H and O–H groups in total. The predicted molar refractivity (Wildman–Crippen MR) is 67.4 cm³/mol. The third-order valence-electron chi connectivity index (χ3n) is 2.18. The van der Waals surface area contributed by atoms with Crippen LogP contribution in [0.1, 0.15) is 19.5 Å². The lowest BCUT2D eigenvalue weighted by atomic mass is 10.4. The van der Waals surface area contributed by atoms with Crippen molar-refractivity contribution in [3.05, 3.63) is 18.1 Å². The second kappa shape index (κ2) is 6.15. The van der Waals surface area contributed by atoms with E-state index < -0.39 is 0 Å². The van der Waals surface area contributed by atoms with Crippen LogP contribution in [-0.2, 0) is 4.74 Å². The van der Waals surface area contributed by atoms with Gasteiger partial charge < -0.3 is 15.4 Å². The summed E-state index contributed by atoms with van der Waals surface area (Å²) < 4.78 is 5.45.